The SMILES string of the molecule is CCOC(=O)c1cnn(-c2cnc(N(C(=O)OC(C)(C)C)C(=O)OC(C)(C)C)c3ccccc23)c1C(C)(F)F.CCOC(=O)c1cnn(-c2cnc(NC(=O)OC(C)(C)C)c3ccccc23)c1C(F)(F)F. The number of nitrogens with one attached hydrogen (secondary N) is 1. The number of fused-ring (bicyclic) bond motifs is 2. The van der Waals surface area contributed by atoms with E-state index in [4.69, 9.17) is 23.7 Å². The Kier molecular flexibility index (Phi) is 15.8. The van der Waals surface area contributed by atoms with Gasteiger partial charge in [0.05, 0.1) is 49.4 Å². The number of carbonyl (C=O) groups is 5. The fourth-order valence-electron chi connectivity index (χ4n) is 6.69. The van der Waals surface area contributed by atoms with Gasteiger partial charge in [0.15, 0.2) is 11.5 Å². The van der Waals surface area contributed by atoms with Crippen LogP contribution in [0.4, 0.5) is 48.0 Å². The highest BCUT2D eigenvalue weighted by Gasteiger charge is 2.42. The fourth-order valence-corrected chi connectivity index (χ4v) is 6.69. The maximum atomic E-state index is 14.8. The molecule has 3 amide bonds. The van der Waals surface area contributed by atoms with E-state index in [0.29, 0.717) is 32.7 Å². The molecule has 0 aliphatic rings. The van der Waals surface area contributed by atoms with Crippen molar-refractivity contribution in [1.82, 2.24) is 29.5 Å². The predicted molar refractivity (Wildman–Crippen MR) is 249 cm³/mol. The van der Waals surface area contributed by atoms with Crippen molar-refractivity contribution in [2.75, 3.05) is 23.4 Å². The number of imide groups is 1. The Bertz CT molecular complexity index is 2930. The van der Waals surface area contributed by atoms with Gasteiger partial charge in [0.25, 0.3) is 5.92 Å². The van der Waals surface area contributed by atoms with Crippen LogP contribution in [0.5, 0.6) is 0 Å². The number of pyridine rings is 2. The van der Waals surface area contributed by atoms with Crippen molar-refractivity contribution < 1.29 is 69.6 Å². The van der Waals surface area contributed by atoms with E-state index in [2.05, 4.69) is 25.5 Å². The Morgan fingerprint density at radius 2 is 0.972 bits per heavy atom. The molecular weight excluding hydrogens is 944 g/mol. The molecule has 0 unspecified atom stereocenters. The number of hydrogen-bond donors (Lipinski definition) is 1. The third-order valence-electron chi connectivity index (χ3n) is 9.18. The topological polar surface area (TPSA) is 208 Å². The van der Waals surface area contributed by atoms with Crippen molar-refractivity contribution in [2.24, 2.45) is 0 Å². The molecule has 0 saturated carbocycles. The number of ether oxygens (including phenoxy) is 5. The second kappa shape index (κ2) is 20.7. The van der Waals surface area contributed by atoms with Crippen LogP contribution in [0, 0.1) is 0 Å². The van der Waals surface area contributed by atoms with Crippen molar-refractivity contribution in [3.05, 3.63) is 95.8 Å². The molecule has 23 heteroatoms. The lowest BCUT2D eigenvalue weighted by Gasteiger charge is -2.28. The summed E-state index contributed by atoms with van der Waals surface area (Å²) in [7, 11) is 0. The van der Waals surface area contributed by atoms with Crippen LogP contribution in [0.25, 0.3) is 32.9 Å². The molecule has 0 saturated heterocycles. The second-order valence-electron chi connectivity index (χ2n) is 18.4. The number of rotatable bonds is 9. The summed E-state index contributed by atoms with van der Waals surface area (Å²) in [6.45, 7) is 18.5. The molecule has 6 rings (SSSR count). The van der Waals surface area contributed by atoms with Crippen molar-refractivity contribution in [1.29, 1.82) is 0 Å². The van der Waals surface area contributed by atoms with E-state index in [-0.39, 0.29) is 41.6 Å². The molecule has 71 heavy (non-hydrogen) atoms. The molecule has 6 aromatic rings. The lowest BCUT2D eigenvalue weighted by atomic mass is 10.1. The average Bonchev–Trinajstić information content (AvgIpc) is 3.89. The summed E-state index contributed by atoms with van der Waals surface area (Å²) in [4.78, 5) is 72.1. The largest absolute Gasteiger partial charge is 0.462 e. The smallest absolute Gasteiger partial charge is 0.434 e. The number of halogens is 5. The fraction of sp³-hybridized carbons (Fsp3) is 0.396. The molecule has 0 bridgehead atoms. The maximum absolute atomic E-state index is 14.8. The molecule has 0 radical (unpaired) electrons. The summed E-state index contributed by atoms with van der Waals surface area (Å²) in [6.07, 6.45) is -3.61. The van der Waals surface area contributed by atoms with Crippen molar-refractivity contribution in [2.45, 2.75) is 112 Å². The number of benzene rings is 2. The first-order valence-corrected chi connectivity index (χ1v) is 21.8. The predicted octanol–water partition coefficient (Wildman–Crippen LogP) is 11.3. The van der Waals surface area contributed by atoms with Crippen LogP contribution in [-0.2, 0) is 35.8 Å². The van der Waals surface area contributed by atoms with Crippen LogP contribution in [0.1, 0.15) is 115 Å². The number of alkyl halides is 5. The summed E-state index contributed by atoms with van der Waals surface area (Å²) in [5, 5.41) is 11.6. The second-order valence-corrected chi connectivity index (χ2v) is 18.4. The summed E-state index contributed by atoms with van der Waals surface area (Å²) < 4.78 is 98.5. The lowest BCUT2D eigenvalue weighted by molar-refractivity contribution is -0.143. The lowest BCUT2D eigenvalue weighted by Crippen LogP contribution is -2.44. The monoisotopic (exact) mass is 996 g/mol. The van der Waals surface area contributed by atoms with Crippen molar-refractivity contribution in [3.63, 3.8) is 0 Å². The van der Waals surface area contributed by atoms with Gasteiger partial charge in [-0.3, -0.25) is 5.32 Å². The Morgan fingerprint density at radius 3 is 1.41 bits per heavy atom. The van der Waals surface area contributed by atoms with Crippen molar-refractivity contribution in [3.8, 4) is 11.4 Å². The Balaban J connectivity index is 0.000000269. The van der Waals surface area contributed by atoms with Gasteiger partial charge < -0.3 is 23.7 Å². The highest BCUT2D eigenvalue weighted by molar-refractivity contribution is 6.14. The minimum absolute atomic E-state index is 0.0108. The molecule has 1 N–H and O–H groups in total. The number of aromatic nitrogens is 6. The van der Waals surface area contributed by atoms with Gasteiger partial charge in [-0.1, -0.05) is 48.5 Å². The molecule has 2 aromatic carbocycles. The van der Waals surface area contributed by atoms with Crippen LogP contribution in [-0.4, -0.2) is 89.8 Å². The first kappa shape index (κ1) is 54.2. The average molecular weight is 997 g/mol. The molecule has 18 nitrogen and oxygen atoms in total. The van der Waals surface area contributed by atoms with E-state index in [1.165, 1.54) is 13.1 Å². The van der Waals surface area contributed by atoms with Crippen LogP contribution >= 0.6 is 0 Å². The van der Waals surface area contributed by atoms with Gasteiger partial charge in [0.2, 0.25) is 0 Å². The number of anilines is 2. The van der Waals surface area contributed by atoms with E-state index in [0.717, 1.165) is 23.3 Å². The number of carbonyl (C=O) groups excluding carboxylic acids is 5. The van der Waals surface area contributed by atoms with E-state index in [1.54, 1.807) is 118 Å². The van der Waals surface area contributed by atoms with Crippen LogP contribution in [0.3, 0.4) is 0 Å². The molecule has 0 spiro atoms. The quantitative estimate of drug-likeness (QED) is 0.0812. The molecule has 0 atom stereocenters. The van der Waals surface area contributed by atoms with Gasteiger partial charge in [-0.2, -0.15) is 37.0 Å². The summed E-state index contributed by atoms with van der Waals surface area (Å²) in [5.41, 5.74) is -5.69. The zero-order chi connectivity index (χ0) is 53.0. The Hall–Kier alpha value is -7.72. The molecule has 380 valence electrons. The molecule has 4 heterocycles. The first-order valence-electron chi connectivity index (χ1n) is 21.8. The maximum Gasteiger partial charge on any atom is 0.434 e. The van der Waals surface area contributed by atoms with Crippen LogP contribution in [0.15, 0.2) is 73.3 Å². The Morgan fingerprint density at radius 1 is 0.563 bits per heavy atom. The molecule has 0 aliphatic carbocycles. The summed E-state index contributed by atoms with van der Waals surface area (Å²) in [5.74, 6) is -5.61. The number of esters is 2. The number of nitrogens with zero attached hydrogens (tertiary/aromatic N) is 7. The van der Waals surface area contributed by atoms with E-state index in [9.17, 15) is 45.9 Å². The zero-order valence-electron chi connectivity index (χ0n) is 40.9. The van der Waals surface area contributed by atoms with Gasteiger partial charge in [0, 0.05) is 28.5 Å². The van der Waals surface area contributed by atoms with Gasteiger partial charge in [0.1, 0.15) is 39.4 Å². The van der Waals surface area contributed by atoms with Crippen LogP contribution in [0.2, 0.25) is 0 Å². The first-order chi connectivity index (χ1) is 32.9. The third-order valence-corrected chi connectivity index (χ3v) is 9.18. The van der Waals surface area contributed by atoms with E-state index in [1.807, 2.05) is 0 Å². The highest BCUT2D eigenvalue weighted by Crippen LogP contribution is 2.38. The number of amides is 3. The standard InChI is InChI=1S/C27H32F2N4O6.C21H21F3N4O4/c1-9-37-22(34)18-14-31-33(20(18)27(8,28)29)19-15-30-21(17-13-11-10-12-16(17)19)32(23(35)38-25(2,3)4)24(36)39-26(5,6)7;1-5-31-18(29)14-10-26-28(16(14)21(22,23)24)15-11-25-17(13-9-7-6-8-12(13)15)27-19(30)32-20(2,3)4/h10-15H,9H2,1-8H3;6-11H,5H2,1-4H3,(H,25,27,30). The minimum atomic E-state index is -4.90. The summed E-state index contributed by atoms with van der Waals surface area (Å²) >= 11 is 0. The minimum Gasteiger partial charge on any atom is -0.462 e. The zero-order valence-corrected chi connectivity index (χ0v) is 40.9. The highest BCUT2D eigenvalue weighted by atomic mass is 19.4. The Labute approximate surface area is 404 Å². The van der Waals surface area contributed by atoms with E-state index < -0.39 is 81.6 Å². The van der Waals surface area contributed by atoms with Crippen molar-refractivity contribution >= 4 is 63.4 Å². The molecule has 0 aliphatic heterocycles. The molecule has 0 fully saturated rings. The van der Waals surface area contributed by atoms with E-state index >= 15 is 0 Å². The summed E-state index contributed by atoms with van der Waals surface area (Å²) in [6, 6.07) is 12.8. The molecule has 4 aromatic heterocycles. The number of hydrogen-bond acceptors (Lipinski definition) is 14. The molecular formula is C48H53F5N8O10. The normalized spacial score (nSPS) is 12.1. The van der Waals surface area contributed by atoms with Crippen LogP contribution < -0.4 is 10.2 Å². The van der Waals surface area contributed by atoms with Gasteiger partial charge in [-0.15, -0.1) is 0 Å². The van der Waals surface area contributed by atoms with Gasteiger partial charge in [-0.05, 0) is 76.2 Å². The van der Waals surface area contributed by atoms with Gasteiger partial charge in [-0.25, -0.2) is 43.3 Å². The third kappa shape index (κ3) is 13.1. The van der Waals surface area contributed by atoms with Gasteiger partial charge >= 0.3 is 36.4 Å².